The van der Waals surface area contributed by atoms with Gasteiger partial charge in [-0.3, -0.25) is 9.59 Å². The zero-order chi connectivity index (χ0) is 21.7. The number of carbonyl (C=O) groups is 2. The number of halogens is 3. The maximum absolute atomic E-state index is 14.4. The summed E-state index contributed by atoms with van der Waals surface area (Å²) in [5.74, 6) is -3.73. The largest absolute Gasteiger partial charge is 0.354 e. The van der Waals surface area contributed by atoms with E-state index in [1.165, 1.54) is 12.1 Å². The summed E-state index contributed by atoms with van der Waals surface area (Å²) in [6.45, 7) is 8.50. The van der Waals surface area contributed by atoms with Crippen LogP contribution in [0.15, 0.2) is 30.3 Å². The third-order valence-corrected chi connectivity index (χ3v) is 5.69. The molecule has 1 heterocycles. The minimum atomic E-state index is -1.11. The second kappa shape index (κ2) is 7.29. The molecule has 2 aromatic rings. The first-order valence-corrected chi connectivity index (χ1v) is 9.84. The van der Waals surface area contributed by atoms with E-state index in [-0.39, 0.29) is 22.2 Å². The van der Waals surface area contributed by atoms with E-state index in [2.05, 4.69) is 0 Å². The highest BCUT2D eigenvalue weighted by Gasteiger charge is 2.53. The van der Waals surface area contributed by atoms with Gasteiger partial charge < -0.3 is 4.74 Å². The number of ketones is 2. The van der Waals surface area contributed by atoms with Gasteiger partial charge in [-0.2, -0.15) is 0 Å². The van der Waals surface area contributed by atoms with Crippen molar-refractivity contribution in [1.82, 2.24) is 0 Å². The number of hydrogen-bond acceptors (Lipinski definition) is 3. The quantitative estimate of drug-likeness (QED) is 0.475. The van der Waals surface area contributed by atoms with Crippen LogP contribution in [0.2, 0.25) is 5.02 Å². The molecule has 0 N–H and O–H groups in total. The van der Waals surface area contributed by atoms with Gasteiger partial charge in [-0.05, 0) is 62.9 Å². The van der Waals surface area contributed by atoms with Crippen LogP contribution < -0.4 is 0 Å². The summed E-state index contributed by atoms with van der Waals surface area (Å²) in [5, 5.41) is -0.290. The lowest BCUT2D eigenvalue weighted by Crippen LogP contribution is -2.58. The number of rotatable bonds is 3. The van der Waals surface area contributed by atoms with Crippen LogP contribution in [0.5, 0.6) is 0 Å². The molecule has 1 aliphatic rings. The number of benzene rings is 2. The number of hydrogen-bond donors (Lipinski definition) is 0. The Hall–Kier alpha value is -2.11. The summed E-state index contributed by atoms with van der Waals surface area (Å²) >= 11 is 5.64. The minimum Gasteiger partial charge on any atom is -0.354 e. The monoisotopic (exact) mass is 420 g/mol. The number of aryl methyl sites for hydroxylation is 1. The molecule has 1 aliphatic heterocycles. The first-order chi connectivity index (χ1) is 13.4. The van der Waals surface area contributed by atoms with Crippen molar-refractivity contribution in [3.05, 3.63) is 58.1 Å². The number of carbonyl (C=O) groups excluding carboxylic acids is 2. The van der Waals surface area contributed by atoms with E-state index < -0.39 is 28.8 Å². The molecular formula is C23H23ClF2O3. The second-order valence-corrected chi connectivity index (χ2v) is 8.68. The molecule has 0 unspecified atom stereocenters. The Bertz CT molecular complexity index is 985. The van der Waals surface area contributed by atoms with Crippen LogP contribution in [0.3, 0.4) is 0 Å². The average molecular weight is 421 g/mol. The predicted octanol–water partition coefficient (Wildman–Crippen LogP) is 5.66. The van der Waals surface area contributed by atoms with Gasteiger partial charge in [-0.1, -0.05) is 36.7 Å². The lowest BCUT2D eigenvalue weighted by molar-refractivity contribution is -0.184. The van der Waals surface area contributed by atoms with E-state index in [4.69, 9.17) is 16.3 Å². The molecule has 29 heavy (non-hydrogen) atoms. The normalized spacial score (nSPS) is 18.9. The first kappa shape index (κ1) is 21.6. The van der Waals surface area contributed by atoms with Crippen molar-refractivity contribution in [2.45, 2.75) is 58.2 Å². The highest BCUT2D eigenvalue weighted by molar-refractivity contribution is 6.30. The average Bonchev–Trinajstić information content (AvgIpc) is 2.65. The van der Waals surface area contributed by atoms with Gasteiger partial charge in [0.25, 0.3) is 0 Å². The van der Waals surface area contributed by atoms with Crippen LogP contribution in [-0.2, 0) is 20.7 Å². The third-order valence-electron chi connectivity index (χ3n) is 5.40. The van der Waals surface area contributed by atoms with Crippen molar-refractivity contribution in [3.8, 4) is 11.1 Å². The molecule has 6 heteroatoms. The molecule has 0 spiro atoms. The molecule has 0 saturated carbocycles. The number of ether oxygens (including phenoxy) is 1. The van der Waals surface area contributed by atoms with Crippen molar-refractivity contribution >= 4 is 23.2 Å². The molecule has 0 amide bonds. The van der Waals surface area contributed by atoms with Gasteiger partial charge in [-0.15, -0.1) is 0 Å². The molecule has 2 aromatic carbocycles. The first-order valence-electron chi connectivity index (χ1n) is 9.46. The van der Waals surface area contributed by atoms with Gasteiger partial charge >= 0.3 is 0 Å². The molecule has 3 rings (SSSR count). The van der Waals surface area contributed by atoms with Crippen LogP contribution in [0, 0.1) is 11.6 Å². The van der Waals surface area contributed by atoms with E-state index in [9.17, 15) is 18.4 Å². The molecule has 0 radical (unpaired) electrons. The molecule has 1 saturated heterocycles. The maximum Gasteiger partial charge on any atom is 0.179 e. The van der Waals surface area contributed by atoms with Crippen LogP contribution in [0.1, 0.15) is 51.7 Å². The molecule has 154 valence electrons. The molecule has 0 atom stereocenters. The van der Waals surface area contributed by atoms with E-state index in [0.29, 0.717) is 17.5 Å². The minimum absolute atomic E-state index is 0.0680. The maximum atomic E-state index is 14.4. The number of Topliss-reactive ketones (excluding diaryl/α,β-unsaturated/α-hetero) is 2. The van der Waals surface area contributed by atoms with E-state index in [1.54, 1.807) is 45.9 Å². The van der Waals surface area contributed by atoms with Gasteiger partial charge in [0.2, 0.25) is 0 Å². The fourth-order valence-electron chi connectivity index (χ4n) is 3.95. The van der Waals surface area contributed by atoms with E-state index in [1.807, 2.05) is 6.92 Å². The van der Waals surface area contributed by atoms with Crippen LogP contribution in [0.25, 0.3) is 11.1 Å². The van der Waals surface area contributed by atoms with Crippen molar-refractivity contribution in [2.24, 2.45) is 0 Å². The Kier molecular flexibility index (Phi) is 5.43. The summed E-state index contributed by atoms with van der Waals surface area (Å²) in [6.07, 6.45) is 0.514. The highest BCUT2D eigenvalue weighted by Crippen LogP contribution is 2.40. The Labute approximate surface area is 174 Å². The fourth-order valence-corrected chi connectivity index (χ4v) is 4.09. The Balaban J connectivity index is 2.14. The van der Waals surface area contributed by atoms with Crippen molar-refractivity contribution in [2.75, 3.05) is 0 Å². The Morgan fingerprint density at radius 3 is 2.10 bits per heavy atom. The molecule has 1 fully saturated rings. The predicted molar refractivity (Wildman–Crippen MR) is 108 cm³/mol. The van der Waals surface area contributed by atoms with Gasteiger partial charge in [0.15, 0.2) is 23.2 Å². The van der Waals surface area contributed by atoms with Crippen molar-refractivity contribution in [1.29, 1.82) is 0 Å². The fraction of sp³-hybridized carbons (Fsp3) is 0.391. The van der Waals surface area contributed by atoms with Crippen molar-refractivity contribution in [3.63, 3.8) is 0 Å². The molecular weight excluding hydrogens is 398 g/mol. The summed E-state index contributed by atoms with van der Waals surface area (Å²) in [6, 6.07) is 7.64. The molecule has 0 bridgehead atoms. The summed E-state index contributed by atoms with van der Waals surface area (Å²) in [7, 11) is 0. The molecule has 0 aromatic heterocycles. The van der Waals surface area contributed by atoms with Gasteiger partial charge in [0.05, 0.1) is 5.02 Å². The standard InChI is InChI=1S/C23H23ClF2O3/c1-6-12-11-13(15-9-10-16(24)19(26)18(15)25)7-8-14(12)17-20(27)22(2,3)29-23(4,5)21(17)28/h7-11,17H,6H2,1-5H3. The van der Waals surface area contributed by atoms with E-state index in [0.717, 1.165) is 5.56 Å². The van der Waals surface area contributed by atoms with Gasteiger partial charge in [-0.25, -0.2) is 8.78 Å². The SMILES string of the molecule is CCc1cc(-c2ccc(Cl)c(F)c2F)ccc1C1C(=O)C(C)(C)OC(C)(C)C1=O. The zero-order valence-electron chi connectivity index (χ0n) is 17.0. The zero-order valence-corrected chi connectivity index (χ0v) is 17.8. The van der Waals surface area contributed by atoms with Crippen LogP contribution >= 0.6 is 11.6 Å². The highest BCUT2D eigenvalue weighted by atomic mass is 35.5. The Morgan fingerprint density at radius 1 is 0.966 bits per heavy atom. The van der Waals surface area contributed by atoms with Gasteiger partial charge in [0, 0.05) is 5.56 Å². The van der Waals surface area contributed by atoms with E-state index >= 15 is 0 Å². The lowest BCUT2D eigenvalue weighted by atomic mass is 9.73. The van der Waals surface area contributed by atoms with Gasteiger partial charge in [0.1, 0.15) is 17.1 Å². The molecule has 3 nitrogen and oxygen atoms in total. The van der Waals surface area contributed by atoms with Crippen LogP contribution in [0.4, 0.5) is 8.78 Å². The second-order valence-electron chi connectivity index (χ2n) is 8.27. The lowest BCUT2D eigenvalue weighted by Gasteiger charge is -2.43. The smallest absolute Gasteiger partial charge is 0.179 e. The summed E-state index contributed by atoms with van der Waals surface area (Å²) < 4.78 is 34.0. The topological polar surface area (TPSA) is 43.4 Å². The van der Waals surface area contributed by atoms with Crippen LogP contribution in [-0.4, -0.2) is 22.8 Å². The Morgan fingerprint density at radius 2 is 1.55 bits per heavy atom. The summed E-state index contributed by atoms with van der Waals surface area (Å²) in [4.78, 5) is 26.1. The third kappa shape index (κ3) is 3.62. The molecule has 0 aliphatic carbocycles. The van der Waals surface area contributed by atoms with Crippen molar-refractivity contribution < 1.29 is 23.1 Å². The summed E-state index contributed by atoms with van der Waals surface area (Å²) in [5.41, 5.74) is -0.417.